The summed E-state index contributed by atoms with van der Waals surface area (Å²) in [6.45, 7) is 3.85. The number of fused-ring (bicyclic) bond motifs is 1. The summed E-state index contributed by atoms with van der Waals surface area (Å²) in [5.74, 6) is 0.105. The molecule has 0 atom stereocenters. The maximum Gasteiger partial charge on any atom is 0.107 e. The van der Waals surface area contributed by atoms with Crippen LogP contribution in [0.2, 0.25) is 0 Å². The van der Waals surface area contributed by atoms with E-state index in [1.54, 1.807) is 4.68 Å². The van der Waals surface area contributed by atoms with Crippen LogP contribution in [0.15, 0.2) is 66.9 Å². The molecular weight excluding hydrogens is 236 g/mol. The highest BCUT2D eigenvalue weighted by Crippen LogP contribution is 2.27. The number of hydrogen-bond acceptors (Lipinski definition) is 2. The van der Waals surface area contributed by atoms with Crippen molar-refractivity contribution in [3.05, 3.63) is 66.9 Å². The van der Waals surface area contributed by atoms with E-state index in [0.717, 1.165) is 22.2 Å². The molecule has 1 aromatic heterocycles. The van der Waals surface area contributed by atoms with Crippen LogP contribution in [-0.4, -0.2) is 14.9 Å². The molecule has 0 saturated heterocycles. The van der Waals surface area contributed by atoms with Gasteiger partial charge in [0.15, 0.2) is 0 Å². The number of aliphatic hydroxyl groups is 1. The van der Waals surface area contributed by atoms with Crippen molar-refractivity contribution in [3.8, 4) is 11.3 Å². The van der Waals surface area contributed by atoms with Gasteiger partial charge in [0.2, 0.25) is 0 Å². The Labute approximate surface area is 111 Å². The fourth-order valence-corrected chi connectivity index (χ4v) is 2.23. The minimum atomic E-state index is 0.105. The molecule has 0 saturated carbocycles. The van der Waals surface area contributed by atoms with Crippen molar-refractivity contribution < 1.29 is 5.11 Å². The highest BCUT2D eigenvalue weighted by atomic mass is 16.3. The van der Waals surface area contributed by atoms with E-state index in [0.29, 0.717) is 6.54 Å². The van der Waals surface area contributed by atoms with Crippen LogP contribution in [0.5, 0.6) is 0 Å². The topological polar surface area (TPSA) is 38.0 Å². The predicted octanol–water partition coefficient (Wildman–Crippen LogP) is 3.78. The van der Waals surface area contributed by atoms with E-state index in [1.165, 1.54) is 0 Å². The van der Waals surface area contributed by atoms with Gasteiger partial charge in [-0.05, 0) is 6.07 Å². The van der Waals surface area contributed by atoms with Gasteiger partial charge in [-0.3, -0.25) is 4.68 Å². The zero-order valence-corrected chi connectivity index (χ0v) is 10.5. The number of allylic oxidation sites excluding steroid dienone is 1. The lowest BCUT2D eigenvalue weighted by Gasteiger charge is -2.00. The fourth-order valence-electron chi connectivity index (χ4n) is 2.23. The van der Waals surface area contributed by atoms with Gasteiger partial charge in [0.1, 0.15) is 11.5 Å². The maximum atomic E-state index is 9.39. The smallest absolute Gasteiger partial charge is 0.107 e. The lowest BCUT2D eigenvalue weighted by atomic mass is 10.1. The maximum absolute atomic E-state index is 9.39. The molecule has 94 valence electrons. The molecule has 0 unspecified atom stereocenters. The van der Waals surface area contributed by atoms with Crippen molar-refractivity contribution in [3.63, 3.8) is 0 Å². The highest BCUT2D eigenvalue weighted by molar-refractivity contribution is 5.93. The summed E-state index contributed by atoms with van der Waals surface area (Å²) < 4.78 is 1.78. The number of rotatable bonds is 3. The Balaban J connectivity index is 2.23. The van der Waals surface area contributed by atoms with E-state index in [1.807, 2.05) is 54.6 Å². The first-order valence-corrected chi connectivity index (χ1v) is 6.13. The van der Waals surface area contributed by atoms with Crippen LogP contribution in [0, 0.1) is 0 Å². The summed E-state index contributed by atoms with van der Waals surface area (Å²) in [5.41, 5.74) is 3.00. The number of aromatic nitrogens is 2. The van der Waals surface area contributed by atoms with Gasteiger partial charge in [0, 0.05) is 10.9 Å². The number of hydrogen-bond donors (Lipinski definition) is 1. The van der Waals surface area contributed by atoms with Crippen LogP contribution in [0.4, 0.5) is 0 Å². The zero-order chi connectivity index (χ0) is 13.2. The van der Waals surface area contributed by atoms with Crippen molar-refractivity contribution in [2.24, 2.45) is 0 Å². The number of para-hydroxylation sites is 1. The Kier molecular flexibility index (Phi) is 2.80. The van der Waals surface area contributed by atoms with E-state index < -0.39 is 0 Å². The van der Waals surface area contributed by atoms with Crippen molar-refractivity contribution >= 4 is 10.9 Å². The molecular formula is C16H14N2O. The average molecular weight is 250 g/mol. The monoisotopic (exact) mass is 250 g/mol. The van der Waals surface area contributed by atoms with Crippen LogP contribution in [0.1, 0.15) is 0 Å². The Bertz CT molecular complexity index is 729. The van der Waals surface area contributed by atoms with E-state index in [2.05, 4.69) is 11.7 Å². The van der Waals surface area contributed by atoms with Crippen molar-refractivity contribution in [1.82, 2.24) is 9.78 Å². The molecule has 0 aliphatic rings. The third-order valence-corrected chi connectivity index (χ3v) is 3.04. The molecule has 3 rings (SSSR count). The first kappa shape index (κ1) is 11.5. The van der Waals surface area contributed by atoms with Gasteiger partial charge in [-0.2, -0.15) is 5.10 Å². The van der Waals surface area contributed by atoms with Crippen molar-refractivity contribution in [1.29, 1.82) is 0 Å². The second-order valence-electron chi connectivity index (χ2n) is 4.46. The van der Waals surface area contributed by atoms with Crippen LogP contribution < -0.4 is 0 Å². The molecule has 0 amide bonds. The third kappa shape index (κ3) is 2.10. The van der Waals surface area contributed by atoms with E-state index in [9.17, 15) is 5.11 Å². The molecule has 19 heavy (non-hydrogen) atoms. The van der Waals surface area contributed by atoms with E-state index in [-0.39, 0.29) is 5.76 Å². The van der Waals surface area contributed by atoms with Crippen LogP contribution in [0.25, 0.3) is 22.2 Å². The lowest BCUT2D eigenvalue weighted by Crippen LogP contribution is -2.01. The van der Waals surface area contributed by atoms with Crippen molar-refractivity contribution in [2.75, 3.05) is 0 Å². The SMILES string of the molecule is C=C(O)Cn1nc(-c2ccccc2)c2ccccc21. The Morgan fingerprint density at radius 1 is 1.05 bits per heavy atom. The first-order valence-electron chi connectivity index (χ1n) is 6.13. The molecule has 1 heterocycles. The largest absolute Gasteiger partial charge is 0.511 e. The van der Waals surface area contributed by atoms with E-state index >= 15 is 0 Å². The molecule has 3 aromatic rings. The summed E-state index contributed by atoms with van der Waals surface area (Å²) in [4.78, 5) is 0. The Morgan fingerprint density at radius 2 is 1.74 bits per heavy atom. The van der Waals surface area contributed by atoms with Crippen LogP contribution in [0.3, 0.4) is 0 Å². The van der Waals surface area contributed by atoms with Crippen molar-refractivity contribution in [2.45, 2.75) is 6.54 Å². The standard InChI is InChI=1S/C16H14N2O/c1-12(19)11-18-15-10-6-5-9-14(15)16(17-18)13-7-3-2-4-8-13/h2-10,19H,1,11H2. The zero-order valence-electron chi connectivity index (χ0n) is 10.5. The van der Waals surface area contributed by atoms with Gasteiger partial charge in [0.05, 0.1) is 12.1 Å². The first-order chi connectivity index (χ1) is 9.25. The number of aliphatic hydroxyl groups excluding tert-OH is 1. The second kappa shape index (κ2) is 4.61. The summed E-state index contributed by atoms with van der Waals surface area (Å²) in [6.07, 6.45) is 0. The summed E-state index contributed by atoms with van der Waals surface area (Å²) in [5, 5.41) is 15.1. The van der Waals surface area contributed by atoms with Gasteiger partial charge in [-0.15, -0.1) is 0 Å². The Hall–Kier alpha value is -2.55. The molecule has 2 aromatic carbocycles. The molecule has 0 radical (unpaired) electrons. The summed E-state index contributed by atoms with van der Waals surface area (Å²) in [6, 6.07) is 18.0. The van der Waals surface area contributed by atoms with Gasteiger partial charge >= 0.3 is 0 Å². The number of benzene rings is 2. The van der Waals surface area contributed by atoms with Gasteiger partial charge in [0.25, 0.3) is 0 Å². The molecule has 0 aliphatic heterocycles. The number of nitrogens with zero attached hydrogens (tertiary/aromatic N) is 2. The summed E-state index contributed by atoms with van der Waals surface area (Å²) >= 11 is 0. The second-order valence-corrected chi connectivity index (χ2v) is 4.46. The molecule has 0 spiro atoms. The molecule has 0 fully saturated rings. The molecule has 0 bridgehead atoms. The Morgan fingerprint density at radius 3 is 2.47 bits per heavy atom. The summed E-state index contributed by atoms with van der Waals surface area (Å²) in [7, 11) is 0. The highest BCUT2D eigenvalue weighted by Gasteiger charge is 2.11. The minimum absolute atomic E-state index is 0.105. The predicted molar refractivity (Wildman–Crippen MR) is 76.9 cm³/mol. The quantitative estimate of drug-likeness (QED) is 0.718. The van der Waals surface area contributed by atoms with E-state index in [4.69, 9.17) is 0 Å². The average Bonchev–Trinajstić information content (AvgIpc) is 2.78. The van der Waals surface area contributed by atoms with Gasteiger partial charge in [-0.25, -0.2) is 0 Å². The fraction of sp³-hybridized carbons (Fsp3) is 0.0625. The lowest BCUT2D eigenvalue weighted by molar-refractivity contribution is 0.373. The normalized spacial score (nSPS) is 10.7. The third-order valence-electron chi connectivity index (χ3n) is 3.04. The van der Waals surface area contributed by atoms with Crippen LogP contribution in [-0.2, 0) is 6.54 Å². The minimum Gasteiger partial charge on any atom is -0.511 e. The molecule has 1 N–H and O–H groups in total. The molecule has 0 aliphatic carbocycles. The molecule has 3 heteroatoms. The van der Waals surface area contributed by atoms with Gasteiger partial charge < -0.3 is 5.11 Å². The van der Waals surface area contributed by atoms with Gasteiger partial charge in [-0.1, -0.05) is 55.1 Å². The molecule has 3 nitrogen and oxygen atoms in total. The van der Waals surface area contributed by atoms with Crippen LogP contribution >= 0.6 is 0 Å².